The van der Waals surface area contributed by atoms with Crippen LogP contribution in [0.15, 0.2) is 52.1 Å². The van der Waals surface area contributed by atoms with Crippen LogP contribution in [0.2, 0.25) is 0 Å². The molecule has 0 amide bonds. The number of aryl methyl sites for hydroxylation is 5. The van der Waals surface area contributed by atoms with Crippen molar-refractivity contribution in [3.63, 3.8) is 0 Å². The Labute approximate surface area is 186 Å². The number of rotatable bonds is 3. The summed E-state index contributed by atoms with van der Waals surface area (Å²) in [5.41, 5.74) is 6.05. The first-order valence-corrected chi connectivity index (χ1v) is 11.0. The molecule has 3 heterocycles. The second-order valence-electron chi connectivity index (χ2n) is 8.81. The van der Waals surface area contributed by atoms with E-state index in [0.717, 1.165) is 42.3 Å². The van der Waals surface area contributed by atoms with Gasteiger partial charge in [0, 0.05) is 13.5 Å². The van der Waals surface area contributed by atoms with Crippen LogP contribution in [0.3, 0.4) is 0 Å². The number of benzene rings is 2. The van der Waals surface area contributed by atoms with Gasteiger partial charge in [0.1, 0.15) is 5.69 Å². The fourth-order valence-corrected chi connectivity index (χ4v) is 4.80. The zero-order chi connectivity index (χ0) is 22.6. The molecule has 0 saturated carbocycles. The minimum atomic E-state index is -0.317. The van der Waals surface area contributed by atoms with Gasteiger partial charge in [0.25, 0.3) is 5.56 Å². The molecule has 32 heavy (non-hydrogen) atoms. The number of anilines is 2. The molecule has 0 aliphatic carbocycles. The second kappa shape index (κ2) is 7.51. The molecule has 2 aromatic carbocycles. The summed E-state index contributed by atoms with van der Waals surface area (Å²) >= 11 is 0. The molecule has 7 heteroatoms. The lowest BCUT2D eigenvalue weighted by Gasteiger charge is -2.22. The maximum atomic E-state index is 13.6. The van der Waals surface area contributed by atoms with Gasteiger partial charge in [0.05, 0.1) is 19.6 Å². The molecule has 0 radical (unpaired) electrons. The Morgan fingerprint density at radius 3 is 2.47 bits per heavy atom. The van der Waals surface area contributed by atoms with Crippen LogP contribution in [-0.2, 0) is 20.1 Å². The minimum absolute atomic E-state index is 0.254. The van der Waals surface area contributed by atoms with Crippen molar-refractivity contribution < 1.29 is 4.57 Å². The highest BCUT2D eigenvalue weighted by atomic mass is 16.2. The molecule has 7 nitrogen and oxygen atoms in total. The highest BCUT2D eigenvalue weighted by molar-refractivity contribution is 5.70. The van der Waals surface area contributed by atoms with E-state index in [1.165, 1.54) is 15.7 Å². The molecule has 164 valence electrons. The van der Waals surface area contributed by atoms with Crippen LogP contribution >= 0.6 is 0 Å². The van der Waals surface area contributed by atoms with E-state index in [9.17, 15) is 9.59 Å². The average molecular weight is 431 g/mol. The number of fused-ring (bicyclic) bond motifs is 3. The Morgan fingerprint density at radius 1 is 1.03 bits per heavy atom. The highest BCUT2D eigenvalue weighted by Crippen LogP contribution is 2.27. The van der Waals surface area contributed by atoms with Gasteiger partial charge in [-0.3, -0.25) is 13.9 Å². The van der Waals surface area contributed by atoms with Gasteiger partial charge in [-0.25, -0.2) is 19.2 Å². The number of nitrogens with zero attached hydrogens (tertiary/aromatic N) is 4. The van der Waals surface area contributed by atoms with Crippen molar-refractivity contribution in [3.05, 3.63) is 85.6 Å². The van der Waals surface area contributed by atoms with E-state index in [4.69, 9.17) is 0 Å². The number of H-pyrrole nitrogens is 1. The second-order valence-corrected chi connectivity index (χ2v) is 8.81. The van der Waals surface area contributed by atoms with Gasteiger partial charge in [-0.1, -0.05) is 30.3 Å². The van der Waals surface area contributed by atoms with Gasteiger partial charge >= 0.3 is 11.6 Å². The van der Waals surface area contributed by atoms with E-state index in [1.54, 1.807) is 11.6 Å². The normalized spacial score (nSPS) is 13.6. The number of nitrogens with one attached hydrogen (secondary N) is 1. The smallest absolute Gasteiger partial charge is 0.267 e. The highest BCUT2D eigenvalue weighted by Gasteiger charge is 2.33. The van der Waals surface area contributed by atoms with Gasteiger partial charge in [-0.05, 0) is 55.2 Å². The first-order valence-electron chi connectivity index (χ1n) is 11.0. The quantitative estimate of drug-likeness (QED) is 0.509. The molecular formula is C25H28N5O2+. The van der Waals surface area contributed by atoms with E-state index < -0.39 is 0 Å². The SMILES string of the molecule is Cc1cc(C)cc(N2CCC[n+]3c2[nH]c2c3c(=O)n(Cc3ccccc3C)c(=O)n2C)c1. The Kier molecular flexibility index (Phi) is 4.77. The van der Waals surface area contributed by atoms with Gasteiger partial charge in [0.15, 0.2) is 0 Å². The molecule has 1 aliphatic rings. The van der Waals surface area contributed by atoms with Gasteiger partial charge in [0.2, 0.25) is 11.2 Å². The maximum Gasteiger partial charge on any atom is 0.364 e. The number of hydrogen-bond donors (Lipinski definition) is 1. The minimum Gasteiger partial charge on any atom is -0.267 e. The predicted octanol–water partition coefficient (Wildman–Crippen LogP) is 2.83. The topological polar surface area (TPSA) is 66.9 Å². The largest absolute Gasteiger partial charge is 0.364 e. The monoisotopic (exact) mass is 430 g/mol. The van der Waals surface area contributed by atoms with Crippen molar-refractivity contribution in [2.24, 2.45) is 7.05 Å². The first-order chi connectivity index (χ1) is 15.3. The van der Waals surface area contributed by atoms with Crippen molar-refractivity contribution in [1.82, 2.24) is 14.1 Å². The molecule has 0 bridgehead atoms. The molecule has 1 N–H and O–H groups in total. The number of imidazole rings is 1. The van der Waals surface area contributed by atoms with E-state index >= 15 is 0 Å². The first kappa shape index (κ1) is 20.3. The summed E-state index contributed by atoms with van der Waals surface area (Å²) in [7, 11) is 1.72. The average Bonchev–Trinajstić information content (AvgIpc) is 3.16. The van der Waals surface area contributed by atoms with Crippen LogP contribution in [0.1, 0.15) is 28.7 Å². The van der Waals surface area contributed by atoms with Crippen molar-refractivity contribution in [2.45, 2.75) is 40.3 Å². The van der Waals surface area contributed by atoms with Gasteiger partial charge in [-0.2, -0.15) is 0 Å². The number of hydrogen-bond acceptors (Lipinski definition) is 3. The summed E-state index contributed by atoms with van der Waals surface area (Å²) in [5.74, 6) is 0.844. The fraction of sp³-hybridized carbons (Fsp3) is 0.320. The van der Waals surface area contributed by atoms with Crippen molar-refractivity contribution in [3.8, 4) is 0 Å². The molecule has 2 aromatic heterocycles. The summed E-state index contributed by atoms with van der Waals surface area (Å²) in [6.07, 6.45) is 0.914. The van der Waals surface area contributed by atoms with Crippen molar-refractivity contribution in [1.29, 1.82) is 0 Å². The van der Waals surface area contributed by atoms with Crippen LogP contribution in [0.25, 0.3) is 11.2 Å². The molecule has 0 saturated heterocycles. The molecule has 0 atom stereocenters. The standard InChI is InChI=1S/C25H27N5O2/c1-16-12-17(2)14-20(13-16)28-10-7-11-29-21-22(26-24(28)29)27(4)25(32)30(23(21)31)15-19-9-6-5-8-18(19)3/h5-6,8-9,12-14H,7,10-11,15H2,1-4H3/p+1. The van der Waals surface area contributed by atoms with E-state index in [1.807, 2.05) is 35.8 Å². The van der Waals surface area contributed by atoms with Crippen molar-refractivity contribution >= 4 is 22.8 Å². The zero-order valence-electron chi connectivity index (χ0n) is 19.0. The summed E-state index contributed by atoms with van der Waals surface area (Å²) < 4.78 is 4.94. The Bertz CT molecular complexity index is 1450. The Hall–Kier alpha value is -3.61. The Morgan fingerprint density at radius 2 is 1.75 bits per heavy atom. The zero-order valence-corrected chi connectivity index (χ0v) is 19.0. The van der Waals surface area contributed by atoms with E-state index in [2.05, 4.69) is 41.9 Å². The lowest BCUT2D eigenvalue weighted by Crippen LogP contribution is -2.49. The summed E-state index contributed by atoms with van der Waals surface area (Å²) in [4.78, 5) is 32.3. The summed E-state index contributed by atoms with van der Waals surface area (Å²) in [6.45, 7) is 8.02. The molecule has 0 spiro atoms. The van der Waals surface area contributed by atoms with Crippen LogP contribution in [0, 0.1) is 20.8 Å². The van der Waals surface area contributed by atoms with Gasteiger partial charge in [-0.15, -0.1) is 0 Å². The molecule has 5 rings (SSSR count). The fourth-order valence-electron chi connectivity index (χ4n) is 4.80. The predicted molar refractivity (Wildman–Crippen MR) is 126 cm³/mol. The third-order valence-electron chi connectivity index (χ3n) is 6.41. The molecule has 1 aliphatic heterocycles. The van der Waals surface area contributed by atoms with Crippen LogP contribution in [0.4, 0.5) is 11.6 Å². The Balaban J connectivity index is 1.72. The van der Waals surface area contributed by atoms with Gasteiger partial charge < -0.3 is 0 Å². The summed E-state index contributed by atoms with van der Waals surface area (Å²) in [5, 5.41) is 0. The molecule has 0 fully saturated rings. The van der Waals surface area contributed by atoms with E-state index in [0.29, 0.717) is 11.2 Å². The molecule has 4 aromatic rings. The van der Waals surface area contributed by atoms with Crippen LogP contribution < -0.4 is 20.7 Å². The summed E-state index contributed by atoms with van der Waals surface area (Å²) in [6, 6.07) is 14.3. The number of aromatic amines is 1. The van der Waals surface area contributed by atoms with Crippen molar-refractivity contribution in [2.75, 3.05) is 11.4 Å². The molecular weight excluding hydrogens is 402 g/mol. The van der Waals surface area contributed by atoms with Crippen LogP contribution in [0.5, 0.6) is 0 Å². The number of aromatic nitrogens is 4. The molecule has 0 unspecified atom stereocenters. The third kappa shape index (κ3) is 3.16. The lowest BCUT2D eigenvalue weighted by atomic mass is 10.1. The lowest BCUT2D eigenvalue weighted by molar-refractivity contribution is -0.663. The van der Waals surface area contributed by atoms with Crippen LogP contribution in [-0.4, -0.2) is 20.7 Å². The maximum absolute atomic E-state index is 13.6. The third-order valence-corrected chi connectivity index (χ3v) is 6.41. The van der Waals surface area contributed by atoms with E-state index in [-0.39, 0.29) is 17.8 Å².